The van der Waals surface area contributed by atoms with Crippen molar-refractivity contribution < 1.29 is 5.11 Å². The number of aromatic nitrogens is 2. The van der Waals surface area contributed by atoms with Gasteiger partial charge in [0.1, 0.15) is 18.0 Å². The first-order valence-corrected chi connectivity index (χ1v) is 7.69. The summed E-state index contributed by atoms with van der Waals surface area (Å²) in [5.41, 5.74) is 0.976. The van der Waals surface area contributed by atoms with E-state index < -0.39 is 0 Å². The van der Waals surface area contributed by atoms with E-state index in [1.807, 2.05) is 20.1 Å². The lowest BCUT2D eigenvalue weighted by atomic mass is 10.2. The molecule has 0 aliphatic rings. The van der Waals surface area contributed by atoms with Crippen molar-refractivity contribution in [1.29, 1.82) is 0 Å². The first kappa shape index (κ1) is 18.3. The van der Waals surface area contributed by atoms with Gasteiger partial charge in [0.05, 0.1) is 13.2 Å². The summed E-state index contributed by atoms with van der Waals surface area (Å²) >= 11 is 0. The number of aliphatic imine (C=N–C) groups is 1. The van der Waals surface area contributed by atoms with Crippen LogP contribution in [0.4, 0.5) is 11.6 Å². The number of nitrogens with zero attached hydrogens (tertiary/aromatic N) is 4. The van der Waals surface area contributed by atoms with Gasteiger partial charge in [-0.3, -0.25) is 4.99 Å². The van der Waals surface area contributed by atoms with E-state index in [4.69, 9.17) is 0 Å². The number of hydrogen-bond donors (Lipinski definition) is 3. The van der Waals surface area contributed by atoms with E-state index in [9.17, 15) is 5.11 Å². The van der Waals surface area contributed by atoms with Crippen molar-refractivity contribution in [2.75, 3.05) is 50.1 Å². The van der Waals surface area contributed by atoms with Crippen molar-refractivity contribution in [2.24, 2.45) is 4.99 Å². The standard InChI is InChI=1S/C15H28N6O/c1-5-17-7-9-21(8-6-16-4)15-13(3)14(18-11-19-15)20-12(2)10-22/h6,11-12,17,22H,5,7-10H2,1-4H3,(H,18,19,20)/t12-/m1/s1. The van der Waals surface area contributed by atoms with Crippen LogP contribution in [0, 0.1) is 6.92 Å². The number of anilines is 2. The summed E-state index contributed by atoms with van der Waals surface area (Å²) in [7, 11) is 1.77. The molecule has 3 N–H and O–H groups in total. The smallest absolute Gasteiger partial charge is 0.137 e. The van der Waals surface area contributed by atoms with Crippen molar-refractivity contribution in [3.05, 3.63) is 11.9 Å². The third-order valence-electron chi connectivity index (χ3n) is 3.31. The summed E-state index contributed by atoms with van der Waals surface area (Å²) in [6.07, 6.45) is 3.43. The van der Waals surface area contributed by atoms with Crippen LogP contribution < -0.4 is 15.5 Å². The lowest BCUT2D eigenvalue weighted by Crippen LogP contribution is -2.35. The molecule has 0 aliphatic carbocycles. The highest BCUT2D eigenvalue weighted by molar-refractivity contribution is 5.67. The van der Waals surface area contributed by atoms with Gasteiger partial charge in [-0.25, -0.2) is 9.97 Å². The van der Waals surface area contributed by atoms with Crippen LogP contribution in [0.5, 0.6) is 0 Å². The molecule has 0 fully saturated rings. The molecule has 0 unspecified atom stereocenters. The van der Waals surface area contributed by atoms with Gasteiger partial charge in [0.25, 0.3) is 0 Å². The number of nitrogens with one attached hydrogen (secondary N) is 2. The van der Waals surface area contributed by atoms with Crippen molar-refractivity contribution in [3.8, 4) is 0 Å². The van der Waals surface area contributed by atoms with Crippen molar-refractivity contribution in [3.63, 3.8) is 0 Å². The van der Waals surface area contributed by atoms with Gasteiger partial charge in [0.2, 0.25) is 0 Å². The fraction of sp³-hybridized carbons (Fsp3) is 0.667. The Morgan fingerprint density at radius 2 is 2.23 bits per heavy atom. The maximum absolute atomic E-state index is 9.18. The van der Waals surface area contributed by atoms with E-state index in [-0.39, 0.29) is 12.6 Å². The van der Waals surface area contributed by atoms with Crippen LogP contribution in [0.25, 0.3) is 0 Å². The third-order valence-corrected chi connectivity index (χ3v) is 3.31. The maximum atomic E-state index is 9.18. The van der Waals surface area contributed by atoms with Gasteiger partial charge in [0.15, 0.2) is 0 Å². The minimum absolute atomic E-state index is 0.0473. The van der Waals surface area contributed by atoms with Gasteiger partial charge >= 0.3 is 0 Å². The zero-order valence-electron chi connectivity index (χ0n) is 14.0. The molecule has 0 aromatic carbocycles. The zero-order chi connectivity index (χ0) is 16.4. The van der Waals surface area contributed by atoms with Gasteiger partial charge in [-0.1, -0.05) is 6.92 Å². The molecule has 0 amide bonds. The number of hydrogen-bond acceptors (Lipinski definition) is 7. The average molecular weight is 308 g/mol. The Morgan fingerprint density at radius 3 is 2.86 bits per heavy atom. The van der Waals surface area contributed by atoms with Crippen LogP contribution in [0.1, 0.15) is 19.4 Å². The summed E-state index contributed by atoms with van der Waals surface area (Å²) < 4.78 is 0. The van der Waals surface area contributed by atoms with Crippen molar-refractivity contribution in [2.45, 2.75) is 26.8 Å². The first-order valence-electron chi connectivity index (χ1n) is 7.69. The predicted octanol–water partition coefficient (Wildman–Crippen LogP) is 0.694. The second kappa shape index (κ2) is 10.1. The van der Waals surface area contributed by atoms with E-state index in [0.29, 0.717) is 6.54 Å². The van der Waals surface area contributed by atoms with Gasteiger partial charge in [-0.05, 0) is 20.4 Å². The van der Waals surface area contributed by atoms with E-state index in [2.05, 4.69) is 37.4 Å². The summed E-state index contributed by atoms with van der Waals surface area (Å²) in [5.74, 6) is 1.65. The molecular formula is C15H28N6O. The van der Waals surface area contributed by atoms with E-state index in [1.165, 1.54) is 0 Å². The van der Waals surface area contributed by atoms with Crippen molar-refractivity contribution >= 4 is 17.9 Å². The Hall–Kier alpha value is -1.73. The fourth-order valence-electron chi connectivity index (χ4n) is 2.04. The minimum Gasteiger partial charge on any atom is -0.394 e. The molecule has 7 heteroatoms. The van der Waals surface area contributed by atoms with Crippen LogP contribution >= 0.6 is 0 Å². The fourth-order valence-corrected chi connectivity index (χ4v) is 2.04. The minimum atomic E-state index is -0.0473. The van der Waals surface area contributed by atoms with Crippen LogP contribution in [0.15, 0.2) is 11.3 Å². The molecule has 1 heterocycles. The van der Waals surface area contributed by atoms with E-state index in [0.717, 1.165) is 36.8 Å². The third kappa shape index (κ3) is 5.57. The normalized spacial score (nSPS) is 12.6. The lowest BCUT2D eigenvalue weighted by Gasteiger charge is -2.25. The maximum Gasteiger partial charge on any atom is 0.137 e. The summed E-state index contributed by atoms with van der Waals surface area (Å²) in [6, 6.07) is -0.0473. The topological polar surface area (TPSA) is 85.7 Å². The molecule has 1 rings (SSSR count). The molecule has 0 aliphatic heterocycles. The van der Waals surface area contributed by atoms with Crippen LogP contribution in [-0.2, 0) is 0 Å². The predicted molar refractivity (Wildman–Crippen MR) is 92.1 cm³/mol. The summed E-state index contributed by atoms with van der Waals surface area (Å²) in [5, 5.41) is 15.7. The molecule has 1 aromatic rings. The van der Waals surface area contributed by atoms with Gasteiger partial charge in [-0.15, -0.1) is 0 Å². The molecule has 7 nitrogen and oxygen atoms in total. The quantitative estimate of drug-likeness (QED) is 0.436. The molecule has 0 bridgehead atoms. The highest BCUT2D eigenvalue weighted by atomic mass is 16.3. The Labute approximate surface area is 132 Å². The van der Waals surface area contributed by atoms with Crippen LogP contribution in [0.3, 0.4) is 0 Å². The summed E-state index contributed by atoms with van der Waals surface area (Å²) in [6.45, 7) is 9.42. The summed E-state index contributed by atoms with van der Waals surface area (Å²) in [4.78, 5) is 14.9. The first-order chi connectivity index (χ1) is 10.6. The van der Waals surface area contributed by atoms with Crippen molar-refractivity contribution in [1.82, 2.24) is 15.3 Å². The van der Waals surface area contributed by atoms with Gasteiger partial charge in [-0.2, -0.15) is 0 Å². The molecule has 124 valence electrons. The Kier molecular flexibility index (Phi) is 8.39. The Bertz CT molecular complexity index is 465. The number of rotatable bonds is 10. The zero-order valence-corrected chi connectivity index (χ0v) is 14.0. The van der Waals surface area contributed by atoms with Gasteiger partial charge < -0.3 is 20.6 Å². The van der Waals surface area contributed by atoms with Gasteiger partial charge in [0, 0.05) is 38.0 Å². The van der Waals surface area contributed by atoms with E-state index >= 15 is 0 Å². The molecule has 1 atom stereocenters. The molecule has 0 radical (unpaired) electrons. The number of aliphatic hydroxyl groups is 1. The van der Waals surface area contributed by atoms with Crippen LogP contribution in [0.2, 0.25) is 0 Å². The average Bonchev–Trinajstić information content (AvgIpc) is 2.53. The Balaban J connectivity index is 2.94. The molecule has 22 heavy (non-hydrogen) atoms. The van der Waals surface area contributed by atoms with Crippen LogP contribution in [-0.4, -0.2) is 67.2 Å². The molecule has 0 saturated carbocycles. The molecular weight excluding hydrogens is 280 g/mol. The molecule has 0 saturated heterocycles. The highest BCUT2D eigenvalue weighted by Gasteiger charge is 2.14. The number of likely N-dealkylation sites (N-methyl/N-ethyl adjacent to an activating group) is 1. The highest BCUT2D eigenvalue weighted by Crippen LogP contribution is 2.22. The molecule has 0 spiro atoms. The molecule has 1 aromatic heterocycles. The second-order valence-electron chi connectivity index (χ2n) is 5.14. The Morgan fingerprint density at radius 1 is 1.45 bits per heavy atom. The number of aliphatic hydroxyl groups excluding tert-OH is 1. The largest absolute Gasteiger partial charge is 0.394 e. The second-order valence-corrected chi connectivity index (χ2v) is 5.14. The lowest BCUT2D eigenvalue weighted by molar-refractivity contribution is 0.281. The SMILES string of the molecule is CCNCCN(CC=NC)c1ncnc(N[C@H](C)CO)c1C. The van der Waals surface area contributed by atoms with E-state index in [1.54, 1.807) is 13.4 Å². The monoisotopic (exact) mass is 308 g/mol.